The van der Waals surface area contributed by atoms with Crippen molar-refractivity contribution in [2.45, 2.75) is 0 Å². The van der Waals surface area contributed by atoms with Gasteiger partial charge in [-0.15, -0.1) is 0 Å². The van der Waals surface area contributed by atoms with Crippen molar-refractivity contribution in [2.75, 3.05) is 0 Å². The lowest BCUT2D eigenvalue weighted by Crippen LogP contribution is -2.00. The summed E-state index contributed by atoms with van der Waals surface area (Å²) in [5.74, 6) is 1.79. The van der Waals surface area contributed by atoms with Crippen LogP contribution in [0.15, 0.2) is 199 Å². The van der Waals surface area contributed by atoms with Crippen LogP contribution in [-0.4, -0.2) is 19.5 Å². The Morgan fingerprint density at radius 2 is 0.804 bits per heavy atom. The summed E-state index contributed by atoms with van der Waals surface area (Å²) in [6.07, 6.45) is 0. The highest BCUT2D eigenvalue weighted by atomic mass is 16.3. The van der Waals surface area contributed by atoms with Crippen LogP contribution in [-0.2, 0) is 0 Å². The highest BCUT2D eigenvalue weighted by molar-refractivity contribution is 6.24. The molecule has 0 radical (unpaired) electrons. The summed E-state index contributed by atoms with van der Waals surface area (Å²) in [5.41, 5.74) is 12.3. The first-order valence-corrected chi connectivity index (χ1v) is 18.8. The number of nitrogens with zero attached hydrogens (tertiary/aromatic N) is 4. The van der Waals surface area contributed by atoms with Crippen molar-refractivity contribution in [1.29, 1.82) is 0 Å². The van der Waals surface area contributed by atoms with E-state index in [4.69, 9.17) is 19.4 Å². The second-order valence-electron chi connectivity index (χ2n) is 14.0. The Hall–Kier alpha value is -7.63. The van der Waals surface area contributed by atoms with Gasteiger partial charge in [-0.25, -0.2) is 15.0 Å². The van der Waals surface area contributed by atoms with Gasteiger partial charge in [-0.05, 0) is 64.7 Å². The van der Waals surface area contributed by atoms with Crippen LogP contribution in [0.3, 0.4) is 0 Å². The zero-order chi connectivity index (χ0) is 37.0. The summed E-state index contributed by atoms with van der Waals surface area (Å²) >= 11 is 0. The molecule has 3 heterocycles. The summed E-state index contributed by atoms with van der Waals surface area (Å²) < 4.78 is 9.02. The molecule has 11 rings (SSSR count). The van der Waals surface area contributed by atoms with Crippen molar-refractivity contribution in [3.8, 4) is 62.1 Å². The number of fused-ring (bicyclic) bond motifs is 7. The average Bonchev–Trinajstić information content (AvgIpc) is 3.83. The lowest BCUT2D eigenvalue weighted by molar-refractivity contribution is 0.669. The zero-order valence-corrected chi connectivity index (χ0v) is 30.2. The Balaban J connectivity index is 1.07. The van der Waals surface area contributed by atoms with Crippen molar-refractivity contribution in [1.82, 2.24) is 19.5 Å². The molecule has 0 amide bonds. The van der Waals surface area contributed by atoms with Crippen LogP contribution in [0.5, 0.6) is 0 Å². The molecule has 0 spiro atoms. The van der Waals surface area contributed by atoms with Crippen LogP contribution in [0.1, 0.15) is 0 Å². The van der Waals surface area contributed by atoms with E-state index in [0.717, 1.165) is 77.6 Å². The third-order valence-corrected chi connectivity index (χ3v) is 10.7. The highest BCUT2D eigenvalue weighted by Crippen LogP contribution is 2.41. The van der Waals surface area contributed by atoms with Gasteiger partial charge in [-0.2, -0.15) is 0 Å². The summed E-state index contributed by atoms with van der Waals surface area (Å²) in [6, 6.07) is 67.3. The molecule has 0 fully saturated rings. The summed E-state index contributed by atoms with van der Waals surface area (Å²) in [6.45, 7) is 0. The monoisotopic (exact) mass is 716 g/mol. The van der Waals surface area contributed by atoms with E-state index < -0.39 is 0 Å². The third-order valence-electron chi connectivity index (χ3n) is 10.7. The largest absolute Gasteiger partial charge is 0.456 e. The zero-order valence-electron chi connectivity index (χ0n) is 30.2. The first kappa shape index (κ1) is 31.9. The number of para-hydroxylation sites is 2. The Morgan fingerprint density at radius 1 is 0.339 bits per heavy atom. The molecule has 0 aliphatic rings. The van der Waals surface area contributed by atoms with E-state index >= 15 is 0 Å². The number of benzene rings is 8. The Labute approximate surface area is 322 Å². The Morgan fingerprint density at radius 3 is 1.41 bits per heavy atom. The number of hydrogen-bond acceptors (Lipinski definition) is 4. The molecular weight excluding hydrogens is 685 g/mol. The molecule has 0 unspecified atom stereocenters. The molecule has 5 nitrogen and oxygen atoms in total. The van der Waals surface area contributed by atoms with Crippen LogP contribution in [0, 0.1) is 0 Å². The molecule has 262 valence electrons. The molecule has 56 heavy (non-hydrogen) atoms. The van der Waals surface area contributed by atoms with Crippen LogP contribution < -0.4 is 0 Å². The van der Waals surface area contributed by atoms with Crippen LogP contribution >= 0.6 is 0 Å². The quantitative estimate of drug-likeness (QED) is 0.172. The van der Waals surface area contributed by atoms with Gasteiger partial charge in [0, 0.05) is 38.5 Å². The Kier molecular flexibility index (Phi) is 7.42. The second-order valence-corrected chi connectivity index (χ2v) is 14.0. The maximum atomic E-state index is 6.67. The normalized spacial score (nSPS) is 11.6. The van der Waals surface area contributed by atoms with Crippen molar-refractivity contribution >= 4 is 43.7 Å². The predicted octanol–water partition coefficient (Wildman–Crippen LogP) is 13.2. The number of rotatable bonds is 6. The minimum absolute atomic E-state index is 0.579. The molecule has 0 saturated carbocycles. The van der Waals surface area contributed by atoms with Gasteiger partial charge in [0.05, 0.1) is 16.4 Å². The fraction of sp³-hybridized carbons (Fsp3) is 0. The highest BCUT2D eigenvalue weighted by Gasteiger charge is 2.20. The van der Waals surface area contributed by atoms with Gasteiger partial charge in [0.2, 0.25) is 0 Å². The van der Waals surface area contributed by atoms with Gasteiger partial charge in [0.15, 0.2) is 17.5 Å². The summed E-state index contributed by atoms with van der Waals surface area (Å²) in [4.78, 5) is 15.2. The fourth-order valence-corrected chi connectivity index (χ4v) is 7.95. The van der Waals surface area contributed by atoms with Gasteiger partial charge in [-0.3, -0.25) is 0 Å². The summed E-state index contributed by atoms with van der Waals surface area (Å²) in [5, 5.41) is 4.51. The molecular formula is C51H32N4O. The fourth-order valence-electron chi connectivity index (χ4n) is 7.95. The van der Waals surface area contributed by atoms with E-state index in [1.807, 2.05) is 12.1 Å². The third kappa shape index (κ3) is 5.37. The van der Waals surface area contributed by atoms with E-state index in [0.29, 0.717) is 17.5 Å². The van der Waals surface area contributed by atoms with Crippen LogP contribution in [0.25, 0.3) is 106 Å². The smallest absolute Gasteiger partial charge is 0.164 e. The van der Waals surface area contributed by atoms with Gasteiger partial charge < -0.3 is 8.98 Å². The first-order valence-electron chi connectivity index (χ1n) is 18.8. The van der Waals surface area contributed by atoms with Crippen molar-refractivity contribution < 1.29 is 4.42 Å². The number of furan rings is 1. The molecule has 0 saturated heterocycles. The predicted molar refractivity (Wildman–Crippen MR) is 229 cm³/mol. The maximum Gasteiger partial charge on any atom is 0.164 e. The molecule has 0 aliphatic carbocycles. The van der Waals surface area contributed by atoms with Gasteiger partial charge >= 0.3 is 0 Å². The minimum atomic E-state index is 0.579. The maximum absolute atomic E-state index is 6.67. The standard InChI is InChI=1S/C51H32N4O/c1-4-12-33(13-5-1)35-20-24-37(25-21-35)49-52-50(38-26-22-36(23-27-38)34-14-6-2-7-15-34)54-51(53-49)39-28-29-43-46(32-39)56-45-31-30-42-41-18-10-11-19-44(41)55(48(42)47(43)45)40-16-8-3-9-17-40/h1-32H. The molecule has 8 aromatic carbocycles. The van der Waals surface area contributed by atoms with E-state index in [1.54, 1.807) is 0 Å². The van der Waals surface area contributed by atoms with Gasteiger partial charge in [0.25, 0.3) is 0 Å². The molecule has 5 heteroatoms. The first-order chi connectivity index (χ1) is 27.7. The van der Waals surface area contributed by atoms with Gasteiger partial charge in [-0.1, -0.05) is 152 Å². The Bertz CT molecular complexity index is 3100. The molecule has 0 aliphatic heterocycles. The van der Waals surface area contributed by atoms with E-state index in [9.17, 15) is 0 Å². The number of aromatic nitrogens is 4. The number of hydrogen-bond donors (Lipinski definition) is 0. The topological polar surface area (TPSA) is 56.7 Å². The molecule has 0 bridgehead atoms. The summed E-state index contributed by atoms with van der Waals surface area (Å²) in [7, 11) is 0. The van der Waals surface area contributed by atoms with Gasteiger partial charge in [0.1, 0.15) is 11.2 Å². The lowest BCUT2D eigenvalue weighted by Gasteiger charge is -2.10. The van der Waals surface area contributed by atoms with Crippen molar-refractivity contribution in [3.05, 3.63) is 194 Å². The van der Waals surface area contributed by atoms with E-state index in [1.165, 1.54) is 10.8 Å². The van der Waals surface area contributed by atoms with Crippen LogP contribution in [0.4, 0.5) is 0 Å². The molecule has 11 aromatic rings. The average molecular weight is 717 g/mol. The van der Waals surface area contributed by atoms with Crippen LogP contribution in [0.2, 0.25) is 0 Å². The molecule has 0 N–H and O–H groups in total. The van der Waals surface area contributed by atoms with Crippen molar-refractivity contribution in [2.24, 2.45) is 0 Å². The van der Waals surface area contributed by atoms with E-state index in [-0.39, 0.29) is 0 Å². The van der Waals surface area contributed by atoms with Crippen molar-refractivity contribution in [3.63, 3.8) is 0 Å². The minimum Gasteiger partial charge on any atom is -0.456 e. The SMILES string of the molecule is c1ccc(-c2ccc(-c3nc(-c4ccc(-c5ccccc5)cc4)nc(-c4ccc5c(c4)oc4ccc6c7ccccc7n(-c7ccccc7)c6c45)n3)cc2)cc1. The van der Waals surface area contributed by atoms with E-state index in [2.05, 4.69) is 187 Å². The lowest BCUT2D eigenvalue weighted by atomic mass is 10.0. The second kappa shape index (κ2) is 13.0. The molecule has 0 atom stereocenters. The molecule has 3 aromatic heterocycles.